The van der Waals surface area contributed by atoms with Crippen LogP contribution in [0.15, 0.2) is 18.2 Å². The summed E-state index contributed by atoms with van der Waals surface area (Å²) in [5.41, 5.74) is 6.07. The van der Waals surface area contributed by atoms with E-state index >= 15 is 0 Å². The van der Waals surface area contributed by atoms with Crippen molar-refractivity contribution < 1.29 is 13.6 Å². The lowest BCUT2D eigenvalue weighted by Crippen LogP contribution is -2.58. The van der Waals surface area contributed by atoms with Crippen LogP contribution in [-0.4, -0.2) is 47.4 Å². The molecule has 26 heavy (non-hydrogen) atoms. The molecule has 1 amide bonds. The predicted molar refractivity (Wildman–Crippen MR) is 103 cm³/mol. The highest BCUT2D eigenvalue weighted by Crippen LogP contribution is 2.30. The van der Waals surface area contributed by atoms with Crippen molar-refractivity contribution >= 4 is 30.7 Å². The van der Waals surface area contributed by atoms with Crippen molar-refractivity contribution in [2.24, 2.45) is 5.73 Å². The third-order valence-corrected chi connectivity index (χ3v) is 5.48. The van der Waals surface area contributed by atoms with Crippen LogP contribution in [0.4, 0.5) is 8.78 Å². The van der Waals surface area contributed by atoms with Crippen molar-refractivity contribution in [2.45, 2.75) is 44.2 Å². The summed E-state index contributed by atoms with van der Waals surface area (Å²) in [6, 6.07) is 3.55. The quantitative estimate of drug-likeness (QED) is 0.832. The van der Waals surface area contributed by atoms with E-state index in [1.807, 2.05) is 11.8 Å². The molecule has 0 spiro atoms. The summed E-state index contributed by atoms with van der Waals surface area (Å²) in [6.07, 6.45) is 3.57. The molecule has 1 aliphatic carbocycles. The second kappa shape index (κ2) is 9.31. The molecule has 148 valence electrons. The predicted octanol–water partition coefficient (Wildman–Crippen LogP) is 3.29. The number of halogens is 4. The lowest BCUT2D eigenvalue weighted by atomic mass is 9.96. The van der Waals surface area contributed by atoms with Gasteiger partial charge in [-0.3, -0.25) is 9.69 Å². The smallest absolute Gasteiger partial charge is 0.242 e. The fourth-order valence-electron chi connectivity index (χ4n) is 3.88. The van der Waals surface area contributed by atoms with E-state index in [-0.39, 0.29) is 36.8 Å². The Balaban J connectivity index is 0.00000169. The minimum absolute atomic E-state index is 0. The molecule has 1 atom stereocenters. The summed E-state index contributed by atoms with van der Waals surface area (Å²) in [7, 11) is 0. The lowest BCUT2D eigenvalue weighted by molar-refractivity contribution is -0.139. The number of carbonyl (C=O) groups excluding carboxylic acids is 1. The van der Waals surface area contributed by atoms with Gasteiger partial charge < -0.3 is 10.6 Å². The van der Waals surface area contributed by atoms with Crippen molar-refractivity contribution in [3.8, 4) is 0 Å². The Labute approximate surface area is 165 Å². The van der Waals surface area contributed by atoms with Crippen LogP contribution in [0.5, 0.6) is 0 Å². The van der Waals surface area contributed by atoms with Gasteiger partial charge >= 0.3 is 0 Å². The SMILES string of the molecule is CC(c1ccc(F)cc1F)N1CCN(C(=O)C2(N)CCCC2)CC1.Cl.Cl. The van der Waals surface area contributed by atoms with Gasteiger partial charge in [0, 0.05) is 43.9 Å². The molecule has 4 nitrogen and oxygen atoms in total. The Kier molecular flexibility index (Phi) is 8.27. The van der Waals surface area contributed by atoms with Gasteiger partial charge in [0.25, 0.3) is 0 Å². The first-order chi connectivity index (χ1) is 11.4. The number of rotatable bonds is 3. The second-order valence-corrected chi connectivity index (χ2v) is 7.03. The molecule has 0 aromatic heterocycles. The third kappa shape index (κ3) is 4.66. The minimum atomic E-state index is -0.684. The standard InChI is InChI=1S/C18H25F2N3O.2ClH/c1-13(15-5-4-14(19)12-16(15)20)22-8-10-23(11-9-22)17(24)18(21)6-2-3-7-18;;/h4-5,12-13H,2-3,6-11,21H2,1H3;2*1H. The summed E-state index contributed by atoms with van der Waals surface area (Å²) >= 11 is 0. The number of piperazine rings is 1. The van der Waals surface area contributed by atoms with Crippen molar-refractivity contribution in [1.82, 2.24) is 9.80 Å². The number of hydrogen-bond donors (Lipinski definition) is 1. The zero-order chi connectivity index (χ0) is 17.3. The normalized spacial score (nSPS) is 20.8. The van der Waals surface area contributed by atoms with Crippen LogP contribution in [0.1, 0.15) is 44.2 Å². The maximum Gasteiger partial charge on any atom is 0.242 e. The highest BCUT2D eigenvalue weighted by atomic mass is 35.5. The first-order valence-electron chi connectivity index (χ1n) is 8.68. The second-order valence-electron chi connectivity index (χ2n) is 7.03. The van der Waals surface area contributed by atoms with E-state index in [0.717, 1.165) is 31.7 Å². The van der Waals surface area contributed by atoms with Gasteiger partial charge in [0.05, 0.1) is 5.54 Å². The van der Waals surface area contributed by atoms with E-state index < -0.39 is 17.2 Å². The average molecular weight is 410 g/mol. The Hall–Kier alpha value is -0.950. The molecular formula is C18H27Cl2F2N3O. The summed E-state index contributed by atoms with van der Waals surface area (Å²) in [5.74, 6) is -1.03. The maximum absolute atomic E-state index is 14.0. The van der Waals surface area contributed by atoms with Gasteiger partial charge in [-0.05, 0) is 25.8 Å². The molecule has 2 N–H and O–H groups in total. The zero-order valence-corrected chi connectivity index (χ0v) is 16.6. The van der Waals surface area contributed by atoms with Crippen LogP contribution in [-0.2, 0) is 4.79 Å². The molecule has 2 aliphatic rings. The third-order valence-electron chi connectivity index (χ3n) is 5.48. The summed E-state index contributed by atoms with van der Waals surface area (Å²) < 4.78 is 27.0. The van der Waals surface area contributed by atoms with Crippen LogP contribution >= 0.6 is 24.8 Å². The van der Waals surface area contributed by atoms with E-state index in [1.165, 1.54) is 12.1 Å². The number of carbonyl (C=O) groups is 1. The van der Waals surface area contributed by atoms with Gasteiger partial charge in [0.15, 0.2) is 0 Å². The molecular weight excluding hydrogens is 383 g/mol. The summed E-state index contributed by atoms with van der Waals surface area (Å²) in [4.78, 5) is 16.6. The first-order valence-corrected chi connectivity index (χ1v) is 8.68. The maximum atomic E-state index is 14.0. The molecule has 0 radical (unpaired) electrons. The molecule has 1 aromatic carbocycles. The van der Waals surface area contributed by atoms with Crippen LogP contribution in [0.2, 0.25) is 0 Å². The van der Waals surface area contributed by atoms with Crippen molar-refractivity contribution in [3.63, 3.8) is 0 Å². The first kappa shape index (κ1) is 23.1. The Morgan fingerprint density at radius 3 is 2.23 bits per heavy atom. The summed E-state index contributed by atoms with van der Waals surface area (Å²) in [5, 5.41) is 0. The Morgan fingerprint density at radius 1 is 1.12 bits per heavy atom. The fourth-order valence-corrected chi connectivity index (χ4v) is 3.88. The van der Waals surface area contributed by atoms with Crippen molar-refractivity contribution in [1.29, 1.82) is 0 Å². The molecule has 1 saturated carbocycles. The van der Waals surface area contributed by atoms with Crippen LogP contribution in [0.25, 0.3) is 0 Å². The minimum Gasteiger partial charge on any atom is -0.339 e. The highest BCUT2D eigenvalue weighted by Gasteiger charge is 2.40. The number of hydrogen-bond acceptors (Lipinski definition) is 3. The van der Waals surface area contributed by atoms with E-state index in [4.69, 9.17) is 5.73 Å². The van der Waals surface area contributed by atoms with Gasteiger partial charge in [-0.15, -0.1) is 24.8 Å². The van der Waals surface area contributed by atoms with Crippen LogP contribution < -0.4 is 5.73 Å². The molecule has 1 heterocycles. The topological polar surface area (TPSA) is 49.6 Å². The fraction of sp³-hybridized carbons (Fsp3) is 0.611. The van der Waals surface area contributed by atoms with Crippen molar-refractivity contribution in [3.05, 3.63) is 35.4 Å². The van der Waals surface area contributed by atoms with E-state index in [2.05, 4.69) is 4.90 Å². The van der Waals surface area contributed by atoms with Crippen LogP contribution in [0.3, 0.4) is 0 Å². The number of amides is 1. The Bertz CT molecular complexity index is 618. The largest absolute Gasteiger partial charge is 0.339 e. The van der Waals surface area contributed by atoms with Gasteiger partial charge in [-0.1, -0.05) is 18.9 Å². The zero-order valence-electron chi connectivity index (χ0n) is 14.9. The molecule has 3 rings (SSSR count). The Morgan fingerprint density at radius 2 is 1.69 bits per heavy atom. The highest BCUT2D eigenvalue weighted by molar-refractivity contribution is 5.86. The number of benzene rings is 1. The molecule has 1 unspecified atom stereocenters. The molecule has 0 bridgehead atoms. The van der Waals surface area contributed by atoms with E-state index in [0.29, 0.717) is 31.7 Å². The van der Waals surface area contributed by atoms with E-state index in [1.54, 1.807) is 0 Å². The van der Waals surface area contributed by atoms with E-state index in [9.17, 15) is 13.6 Å². The summed E-state index contributed by atoms with van der Waals surface area (Å²) in [6.45, 7) is 4.45. The van der Waals surface area contributed by atoms with Gasteiger partial charge in [-0.2, -0.15) is 0 Å². The molecule has 8 heteroatoms. The van der Waals surface area contributed by atoms with Gasteiger partial charge in [-0.25, -0.2) is 8.78 Å². The van der Waals surface area contributed by atoms with Gasteiger partial charge in [0.2, 0.25) is 5.91 Å². The number of nitrogens with zero attached hydrogens (tertiary/aromatic N) is 2. The molecule has 1 aliphatic heterocycles. The van der Waals surface area contributed by atoms with Crippen molar-refractivity contribution in [2.75, 3.05) is 26.2 Å². The van der Waals surface area contributed by atoms with Gasteiger partial charge in [0.1, 0.15) is 11.6 Å². The average Bonchev–Trinajstić information content (AvgIpc) is 3.02. The lowest BCUT2D eigenvalue weighted by Gasteiger charge is -2.40. The monoisotopic (exact) mass is 409 g/mol. The molecule has 1 aromatic rings. The van der Waals surface area contributed by atoms with Crippen LogP contribution in [0, 0.1) is 11.6 Å². The molecule has 1 saturated heterocycles. The molecule has 2 fully saturated rings. The number of nitrogens with two attached hydrogens (primary N) is 1.